The van der Waals surface area contributed by atoms with Crippen LogP contribution in [0.25, 0.3) is 11.1 Å². The third kappa shape index (κ3) is 2.90. The quantitative estimate of drug-likeness (QED) is 0.849. The van der Waals surface area contributed by atoms with Crippen LogP contribution in [-0.4, -0.2) is 52.9 Å². The predicted octanol–water partition coefficient (Wildman–Crippen LogP) is 2.77. The number of hydrogen-bond donors (Lipinski definition) is 0. The molecule has 3 heterocycles. The number of hydrogen-bond acceptors (Lipinski definition) is 4. The Kier molecular flexibility index (Phi) is 4.00. The summed E-state index contributed by atoms with van der Waals surface area (Å²) < 4.78 is 19.1. The number of rotatable bonds is 2. The van der Waals surface area contributed by atoms with Gasteiger partial charge in [0.25, 0.3) is 0 Å². The number of aromatic nitrogens is 1. The van der Waals surface area contributed by atoms with Crippen LogP contribution in [0.4, 0.5) is 4.39 Å². The van der Waals surface area contributed by atoms with Gasteiger partial charge in [-0.15, -0.1) is 0 Å². The molecule has 2 aliphatic rings. The standard InChI is InChI=1S/C18H22FN3O2/c1-12(23)21-8-5-15(6-9-21)22-7-4-13(11-22)18-20-16-10-14(19)2-3-17(16)24-18/h2-3,10,13,15H,4-9,11H2,1H3. The number of nitrogens with zero attached hydrogens (tertiary/aromatic N) is 3. The number of amides is 1. The van der Waals surface area contributed by atoms with E-state index < -0.39 is 0 Å². The lowest BCUT2D eigenvalue weighted by Crippen LogP contribution is -2.45. The van der Waals surface area contributed by atoms with Gasteiger partial charge in [0.05, 0.1) is 0 Å². The first-order valence-corrected chi connectivity index (χ1v) is 8.65. The summed E-state index contributed by atoms with van der Waals surface area (Å²) >= 11 is 0. The van der Waals surface area contributed by atoms with E-state index in [-0.39, 0.29) is 17.6 Å². The highest BCUT2D eigenvalue weighted by molar-refractivity contribution is 5.73. The molecule has 0 radical (unpaired) electrons. The van der Waals surface area contributed by atoms with Gasteiger partial charge in [-0.05, 0) is 37.9 Å². The van der Waals surface area contributed by atoms with Gasteiger partial charge >= 0.3 is 0 Å². The molecule has 1 atom stereocenters. The Morgan fingerprint density at radius 3 is 2.79 bits per heavy atom. The number of benzene rings is 1. The average Bonchev–Trinajstić information content (AvgIpc) is 3.21. The Morgan fingerprint density at radius 2 is 2.04 bits per heavy atom. The van der Waals surface area contributed by atoms with Crippen LogP contribution in [0.5, 0.6) is 0 Å². The summed E-state index contributed by atoms with van der Waals surface area (Å²) in [7, 11) is 0. The number of likely N-dealkylation sites (tertiary alicyclic amines) is 2. The lowest BCUT2D eigenvalue weighted by Gasteiger charge is -2.36. The van der Waals surface area contributed by atoms with E-state index in [4.69, 9.17) is 4.42 Å². The monoisotopic (exact) mass is 331 g/mol. The molecule has 1 unspecified atom stereocenters. The topological polar surface area (TPSA) is 49.6 Å². The first-order chi connectivity index (χ1) is 11.6. The van der Waals surface area contributed by atoms with Crippen LogP contribution < -0.4 is 0 Å². The molecule has 0 bridgehead atoms. The summed E-state index contributed by atoms with van der Waals surface area (Å²) in [6, 6.07) is 5.01. The number of oxazole rings is 1. The van der Waals surface area contributed by atoms with Crippen molar-refractivity contribution < 1.29 is 13.6 Å². The van der Waals surface area contributed by atoms with Crippen LogP contribution in [0.1, 0.15) is 38.0 Å². The average molecular weight is 331 g/mol. The molecule has 1 amide bonds. The van der Waals surface area contributed by atoms with Crippen molar-refractivity contribution in [1.82, 2.24) is 14.8 Å². The molecule has 5 nitrogen and oxygen atoms in total. The van der Waals surface area contributed by atoms with Crippen LogP contribution >= 0.6 is 0 Å². The molecule has 4 rings (SSSR count). The highest BCUT2D eigenvalue weighted by atomic mass is 19.1. The fourth-order valence-corrected chi connectivity index (χ4v) is 3.96. The van der Waals surface area contributed by atoms with E-state index in [1.54, 1.807) is 13.0 Å². The zero-order chi connectivity index (χ0) is 16.7. The number of piperidine rings is 1. The fourth-order valence-electron chi connectivity index (χ4n) is 3.96. The lowest BCUT2D eigenvalue weighted by atomic mass is 10.0. The Hall–Kier alpha value is -1.95. The van der Waals surface area contributed by atoms with Gasteiger partial charge in [0.1, 0.15) is 11.3 Å². The maximum atomic E-state index is 13.3. The largest absolute Gasteiger partial charge is 0.440 e. The summed E-state index contributed by atoms with van der Waals surface area (Å²) in [5.74, 6) is 0.879. The second-order valence-electron chi connectivity index (χ2n) is 6.88. The van der Waals surface area contributed by atoms with Gasteiger partial charge in [-0.25, -0.2) is 9.37 Å². The van der Waals surface area contributed by atoms with Crippen molar-refractivity contribution in [2.45, 2.75) is 38.1 Å². The van der Waals surface area contributed by atoms with Crippen molar-refractivity contribution in [3.63, 3.8) is 0 Å². The zero-order valence-corrected chi connectivity index (χ0v) is 13.9. The van der Waals surface area contributed by atoms with Crippen molar-refractivity contribution in [2.75, 3.05) is 26.2 Å². The molecule has 0 aliphatic carbocycles. The molecule has 128 valence electrons. The summed E-state index contributed by atoms with van der Waals surface area (Å²) in [6.07, 6.45) is 3.08. The molecular weight excluding hydrogens is 309 g/mol. The van der Waals surface area contributed by atoms with Gasteiger partial charge < -0.3 is 9.32 Å². The van der Waals surface area contributed by atoms with E-state index in [0.717, 1.165) is 51.3 Å². The van der Waals surface area contributed by atoms with Gasteiger partial charge in [0.15, 0.2) is 11.5 Å². The molecular formula is C18H22FN3O2. The molecule has 0 spiro atoms. The summed E-state index contributed by atoms with van der Waals surface area (Å²) in [5, 5.41) is 0. The minimum atomic E-state index is -0.285. The minimum absolute atomic E-state index is 0.173. The number of carbonyl (C=O) groups excluding carboxylic acids is 1. The molecule has 1 aromatic carbocycles. The Bertz CT molecular complexity index is 752. The molecule has 2 aromatic rings. The molecule has 1 aromatic heterocycles. The van der Waals surface area contributed by atoms with Crippen molar-refractivity contribution in [3.8, 4) is 0 Å². The normalized spacial score (nSPS) is 23.2. The molecule has 2 saturated heterocycles. The van der Waals surface area contributed by atoms with E-state index in [9.17, 15) is 9.18 Å². The summed E-state index contributed by atoms with van der Waals surface area (Å²) in [4.78, 5) is 20.3. The van der Waals surface area contributed by atoms with Crippen molar-refractivity contribution in [3.05, 3.63) is 29.9 Å². The molecule has 0 N–H and O–H groups in total. The van der Waals surface area contributed by atoms with E-state index >= 15 is 0 Å². The third-order valence-corrected chi connectivity index (χ3v) is 5.36. The number of fused-ring (bicyclic) bond motifs is 1. The zero-order valence-electron chi connectivity index (χ0n) is 13.9. The maximum absolute atomic E-state index is 13.3. The number of carbonyl (C=O) groups is 1. The minimum Gasteiger partial charge on any atom is -0.440 e. The first kappa shape index (κ1) is 15.6. The summed E-state index contributed by atoms with van der Waals surface area (Å²) in [6.45, 7) is 5.30. The van der Waals surface area contributed by atoms with Gasteiger partial charge in [-0.3, -0.25) is 9.69 Å². The SMILES string of the molecule is CC(=O)N1CCC(N2CCC(c3nc4cc(F)ccc4o3)C2)CC1. The van der Waals surface area contributed by atoms with Crippen LogP contribution in [0.2, 0.25) is 0 Å². The Morgan fingerprint density at radius 1 is 1.25 bits per heavy atom. The van der Waals surface area contributed by atoms with Crippen LogP contribution in [-0.2, 0) is 4.79 Å². The second-order valence-corrected chi connectivity index (χ2v) is 6.88. The van der Waals surface area contributed by atoms with E-state index in [1.807, 2.05) is 4.90 Å². The van der Waals surface area contributed by atoms with Crippen LogP contribution in [0, 0.1) is 5.82 Å². The third-order valence-electron chi connectivity index (χ3n) is 5.36. The lowest BCUT2D eigenvalue weighted by molar-refractivity contribution is -0.130. The molecule has 2 aliphatic heterocycles. The van der Waals surface area contributed by atoms with Gasteiger partial charge in [0.2, 0.25) is 5.91 Å². The van der Waals surface area contributed by atoms with Crippen LogP contribution in [0.3, 0.4) is 0 Å². The Labute approximate surface area is 140 Å². The highest BCUT2D eigenvalue weighted by Crippen LogP contribution is 2.32. The van der Waals surface area contributed by atoms with Crippen molar-refractivity contribution >= 4 is 17.0 Å². The van der Waals surface area contributed by atoms with Gasteiger partial charge in [-0.1, -0.05) is 0 Å². The summed E-state index contributed by atoms with van der Waals surface area (Å²) in [5.41, 5.74) is 1.25. The molecule has 6 heteroatoms. The van der Waals surface area contributed by atoms with E-state index in [0.29, 0.717) is 17.1 Å². The highest BCUT2D eigenvalue weighted by Gasteiger charge is 2.33. The maximum Gasteiger partial charge on any atom is 0.219 e. The van der Waals surface area contributed by atoms with E-state index in [1.165, 1.54) is 12.1 Å². The Balaban J connectivity index is 1.41. The van der Waals surface area contributed by atoms with Crippen molar-refractivity contribution in [1.29, 1.82) is 0 Å². The predicted molar refractivity (Wildman–Crippen MR) is 88.2 cm³/mol. The first-order valence-electron chi connectivity index (χ1n) is 8.65. The van der Waals surface area contributed by atoms with Crippen molar-refractivity contribution in [2.24, 2.45) is 0 Å². The fraction of sp³-hybridized carbons (Fsp3) is 0.556. The smallest absolute Gasteiger partial charge is 0.219 e. The molecule has 24 heavy (non-hydrogen) atoms. The molecule has 0 saturated carbocycles. The van der Waals surface area contributed by atoms with E-state index in [2.05, 4.69) is 9.88 Å². The van der Waals surface area contributed by atoms with Gasteiger partial charge in [0, 0.05) is 44.6 Å². The number of halogens is 1. The van der Waals surface area contributed by atoms with Gasteiger partial charge in [-0.2, -0.15) is 0 Å². The van der Waals surface area contributed by atoms with Crippen LogP contribution in [0.15, 0.2) is 22.6 Å². The second kappa shape index (κ2) is 6.16. The molecule has 2 fully saturated rings.